The zero-order valence-corrected chi connectivity index (χ0v) is 23.7. The van der Waals surface area contributed by atoms with E-state index in [-0.39, 0.29) is 6.61 Å². The smallest absolute Gasteiger partial charge is 0.0682 e. The van der Waals surface area contributed by atoms with Gasteiger partial charge in [-0.15, -0.1) is 0 Å². The third-order valence-electron chi connectivity index (χ3n) is 5.65. The molecule has 0 aliphatic heterocycles. The second kappa shape index (κ2) is 14.3. The Morgan fingerprint density at radius 2 is 0.882 bits per heavy atom. The number of benzene rings is 3. The van der Waals surface area contributed by atoms with Gasteiger partial charge < -0.3 is 5.11 Å². The SMILES string of the molecule is Cc1cc(C)cc(C(C)C)c1.Cc1cc(CO)cc(C(C)C)c1.Cc1cc(Cl)cc(C(C)C)c1. The molecule has 0 heterocycles. The van der Waals surface area contributed by atoms with Crippen LogP contribution in [0.25, 0.3) is 0 Å². The van der Waals surface area contributed by atoms with Crippen LogP contribution < -0.4 is 0 Å². The van der Waals surface area contributed by atoms with E-state index in [0.29, 0.717) is 17.8 Å². The monoisotopic (exact) mass is 480 g/mol. The zero-order chi connectivity index (χ0) is 26.0. The van der Waals surface area contributed by atoms with Crippen molar-refractivity contribution >= 4 is 11.6 Å². The Morgan fingerprint density at radius 1 is 0.529 bits per heavy atom. The van der Waals surface area contributed by atoms with Gasteiger partial charge in [0.1, 0.15) is 0 Å². The molecule has 3 aromatic rings. The summed E-state index contributed by atoms with van der Waals surface area (Å²) in [5.74, 6) is 1.75. The standard InChI is InChI=1S/C11H16O.C11H16.C10H13Cl/c1-8(2)11-5-9(3)4-10(6-11)7-12;1-8(2)11-6-9(3)5-10(4)7-11;1-7(2)9-4-8(3)5-10(11)6-9/h4-6,8,12H,7H2,1-3H3;5-8H,1-4H3;4-7H,1-3H3. The Balaban J connectivity index is 0.000000255. The molecule has 0 aliphatic rings. The molecule has 0 bridgehead atoms. The fourth-order valence-corrected chi connectivity index (χ4v) is 4.06. The largest absolute Gasteiger partial charge is 0.392 e. The molecule has 0 fully saturated rings. The molecule has 3 aromatic carbocycles. The number of aliphatic hydroxyl groups excluding tert-OH is 1. The maximum Gasteiger partial charge on any atom is 0.0682 e. The highest BCUT2D eigenvalue weighted by molar-refractivity contribution is 6.30. The van der Waals surface area contributed by atoms with E-state index in [1.165, 1.54) is 38.9 Å². The van der Waals surface area contributed by atoms with Gasteiger partial charge in [0.25, 0.3) is 0 Å². The molecule has 0 amide bonds. The molecule has 1 nitrogen and oxygen atoms in total. The summed E-state index contributed by atoms with van der Waals surface area (Å²) < 4.78 is 0. The van der Waals surface area contributed by atoms with E-state index in [1.807, 2.05) is 18.2 Å². The topological polar surface area (TPSA) is 20.2 Å². The fourth-order valence-electron chi connectivity index (χ4n) is 3.76. The molecular formula is C32H45ClO. The van der Waals surface area contributed by atoms with Gasteiger partial charge in [0.05, 0.1) is 6.61 Å². The summed E-state index contributed by atoms with van der Waals surface area (Å²) >= 11 is 5.89. The molecule has 34 heavy (non-hydrogen) atoms. The molecule has 186 valence electrons. The van der Waals surface area contributed by atoms with Gasteiger partial charge in [0.2, 0.25) is 0 Å². The maximum absolute atomic E-state index is 8.97. The lowest BCUT2D eigenvalue weighted by Gasteiger charge is -2.08. The number of halogens is 1. The molecule has 0 unspecified atom stereocenters. The molecule has 0 aliphatic carbocycles. The zero-order valence-electron chi connectivity index (χ0n) is 23.0. The summed E-state index contributed by atoms with van der Waals surface area (Å²) in [6.45, 7) is 21.7. The van der Waals surface area contributed by atoms with Crippen molar-refractivity contribution in [3.05, 3.63) is 104 Å². The summed E-state index contributed by atoms with van der Waals surface area (Å²) in [6, 6.07) is 19.2. The first kappa shape index (κ1) is 29.9. The summed E-state index contributed by atoms with van der Waals surface area (Å²) in [5, 5.41) is 9.81. The van der Waals surface area contributed by atoms with Crippen molar-refractivity contribution in [3.63, 3.8) is 0 Å². The predicted molar refractivity (Wildman–Crippen MR) is 151 cm³/mol. The van der Waals surface area contributed by atoms with Crippen LogP contribution in [-0.4, -0.2) is 5.11 Å². The Labute approximate surface area is 214 Å². The fraction of sp³-hybridized carbons (Fsp3) is 0.438. The first-order chi connectivity index (χ1) is 15.8. The Kier molecular flexibility index (Phi) is 12.6. The third kappa shape index (κ3) is 10.9. The van der Waals surface area contributed by atoms with Crippen LogP contribution in [-0.2, 0) is 6.61 Å². The van der Waals surface area contributed by atoms with Gasteiger partial charge in [-0.3, -0.25) is 0 Å². The molecule has 0 radical (unpaired) electrons. The van der Waals surface area contributed by atoms with Crippen LogP contribution in [0, 0.1) is 27.7 Å². The lowest BCUT2D eigenvalue weighted by atomic mass is 9.98. The van der Waals surface area contributed by atoms with E-state index in [1.54, 1.807) is 0 Å². The number of aliphatic hydroxyl groups is 1. The van der Waals surface area contributed by atoms with Crippen molar-refractivity contribution in [1.29, 1.82) is 0 Å². The van der Waals surface area contributed by atoms with Crippen LogP contribution in [0.2, 0.25) is 5.02 Å². The van der Waals surface area contributed by atoms with Gasteiger partial charge in [-0.25, -0.2) is 0 Å². The lowest BCUT2D eigenvalue weighted by Crippen LogP contribution is -1.92. The number of aryl methyl sites for hydroxylation is 4. The van der Waals surface area contributed by atoms with Gasteiger partial charge in [-0.05, 0) is 85.4 Å². The van der Waals surface area contributed by atoms with Crippen molar-refractivity contribution in [2.75, 3.05) is 0 Å². The first-order valence-corrected chi connectivity index (χ1v) is 12.8. The van der Waals surface area contributed by atoms with E-state index < -0.39 is 0 Å². The Bertz CT molecular complexity index is 935. The predicted octanol–water partition coefficient (Wildman–Crippen LogP) is 9.81. The van der Waals surface area contributed by atoms with Crippen LogP contribution in [0.15, 0.2) is 54.6 Å². The quantitative estimate of drug-likeness (QED) is 0.393. The minimum absolute atomic E-state index is 0.140. The third-order valence-corrected chi connectivity index (χ3v) is 5.87. The van der Waals surface area contributed by atoms with Gasteiger partial charge in [-0.1, -0.05) is 112 Å². The first-order valence-electron chi connectivity index (χ1n) is 12.4. The van der Waals surface area contributed by atoms with E-state index in [2.05, 4.69) is 106 Å². The van der Waals surface area contributed by atoms with Crippen LogP contribution in [0.3, 0.4) is 0 Å². The molecular weight excluding hydrogens is 436 g/mol. The van der Waals surface area contributed by atoms with Crippen LogP contribution in [0.5, 0.6) is 0 Å². The van der Waals surface area contributed by atoms with Gasteiger partial charge in [-0.2, -0.15) is 0 Å². The van der Waals surface area contributed by atoms with E-state index in [4.69, 9.17) is 16.7 Å². The van der Waals surface area contributed by atoms with Crippen LogP contribution >= 0.6 is 11.6 Å². The van der Waals surface area contributed by atoms with Crippen molar-refractivity contribution in [2.45, 2.75) is 93.6 Å². The molecule has 0 aromatic heterocycles. The van der Waals surface area contributed by atoms with E-state index in [9.17, 15) is 0 Å². The van der Waals surface area contributed by atoms with E-state index in [0.717, 1.165) is 10.6 Å². The molecule has 0 spiro atoms. The molecule has 0 saturated carbocycles. The normalized spacial score (nSPS) is 10.7. The van der Waals surface area contributed by atoms with E-state index >= 15 is 0 Å². The highest BCUT2D eigenvalue weighted by atomic mass is 35.5. The average molecular weight is 481 g/mol. The van der Waals surface area contributed by atoms with Gasteiger partial charge >= 0.3 is 0 Å². The number of hydrogen-bond donors (Lipinski definition) is 1. The summed E-state index contributed by atoms with van der Waals surface area (Å²) in [6.07, 6.45) is 0. The Morgan fingerprint density at radius 3 is 1.26 bits per heavy atom. The van der Waals surface area contributed by atoms with Crippen molar-refractivity contribution in [3.8, 4) is 0 Å². The number of hydrogen-bond acceptors (Lipinski definition) is 1. The summed E-state index contributed by atoms with van der Waals surface area (Å²) in [4.78, 5) is 0. The van der Waals surface area contributed by atoms with Crippen molar-refractivity contribution in [1.82, 2.24) is 0 Å². The molecule has 2 heteroatoms. The molecule has 0 saturated heterocycles. The van der Waals surface area contributed by atoms with Gasteiger partial charge in [0.15, 0.2) is 0 Å². The summed E-state index contributed by atoms with van der Waals surface area (Å²) in [7, 11) is 0. The average Bonchev–Trinajstić information content (AvgIpc) is 2.72. The second-order valence-corrected chi connectivity index (χ2v) is 10.8. The Hall–Kier alpha value is -2.09. The maximum atomic E-state index is 8.97. The molecule has 1 N–H and O–H groups in total. The second-order valence-electron chi connectivity index (χ2n) is 10.4. The molecule has 0 atom stereocenters. The van der Waals surface area contributed by atoms with Crippen LogP contribution in [0.4, 0.5) is 0 Å². The van der Waals surface area contributed by atoms with Gasteiger partial charge in [0, 0.05) is 5.02 Å². The summed E-state index contributed by atoms with van der Waals surface area (Å²) in [5.41, 5.74) is 10.3. The minimum atomic E-state index is 0.140. The van der Waals surface area contributed by atoms with Crippen molar-refractivity contribution < 1.29 is 5.11 Å². The highest BCUT2D eigenvalue weighted by Crippen LogP contribution is 2.21. The molecule has 3 rings (SSSR count). The number of rotatable bonds is 4. The van der Waals surface area contributed by atoms with Crippen molar-refractivity contribution in [2.24, 2.45) is 0 Å². The highest BCUT2D eigenvalue weighted by Gasteiger charge is 2.02. The minimum Gasteiger partial charge on any atom is -0.392 e. The van der Waals surface area contributed by atoms with Crippen LogP contribution in [0.1, 0.15) is 104 Å². The lowest BCUT2D eigenvalue weighted by molar-refractivity contribution is 0.281.